The summed E-state index contributed by atoms with van der Waals surface area (Å²) < 4.78 is 5.34. The predicted octanol–water partition coefficient (Wildman–Crippen LogP) is 2.35. The maximum absolute atomic E-state index is 12.1. The van der Waals surface area contributed by atoms with E-state index in [9.17, 15) is 4.79 Å². The number of rotatable bonds is 2. The van der Waals surface area contributed by atoms with Crippen molar-refractivity contribution in [1.29, 1.82) is 0 Å². The third-order valence-corrected chi connectivity index (χ3v) is 3.84. The Morgan fingerprint density at radius 2 is 1.88 bits per heavy atom. The van der Waals surface area contributed by atoms with Crippen molar-refractivity contribution in [3.8, 4) is 0 Å². The summed E-state index contributed by atoms with van der Waals surface area (Å²) in [4.78, 5) is 12.1. The number of ether oxygens (including phenoxy) is 1. The van der Waals surface area contributed by atoms with Gasteiger partial charge in [-0.25, -0.2) is 0 Å². The van der Waals surface area contributed by atoms with E-state index in [1.807, 2.05) is 0 Å². The zero-order valence-electron chi connectivity index (χ0n) is 11.2. The molecule has 3 heteroatoms. The van der Waals surface area contributed by atoms with Gasteiger partial charge in [-0.3, -0.25) is 4.79 Å². The van der Waals surface area contributed by atoms with Crippen LogP contribution >= 0.6 is 0 Å². The van der Waals surface area contributed by atoms with Gasteiger partial charge in [0.25, 0.3) is 0 Å². The van der Waals surface area contributed by atoms with Crippen LogP contribution in [0.5, 0.6) is 0 Å². The Hall–Kier alpha value is -0.570. The van der Waals surface area contributed by atoms with Gasteiger partial charge in [0.15, 0.2) is 0 Å². The molecule has 1 fully saturated rings. The third-order valence-electron chi connectivity index (χ3n) is 3.84. The molecule has 0 aliphatic carbocycles. The van der Waals surface area contributed by atoms with Crippen LogP contribution in [-0.2, 0) is 9.53 Å². The first-order valence-corrected chi connectivity index (χ1v) is 6.14. The molecule has 0 bridgehead atoms. The minimum absolute atomic E-state index is 0.0374. The summed E-state index contributed by atoms with van der Waals surface area (Å²) in [5.41, 5.74) is -0.139. The molecule has 3 nitrogen and oxygen atoms in total. The van der Waals surface area contributed by atoms with Crippen LogP contribution in [-0.4, -0.2) is 24.7 Å². The topological polar surface area (TPSA) is 38.3 Å². The van der Waals surface area contributed by atoms with Crippen molar-refractivity contribution in [2.45, 2.75) is 53.0 Å². The molecule has 1 atom stereocenters. The van der Waals surface area contributed by atoms with E-state index in [1.165, 1.54) is 0 Å². The van der Waals surface area contributed by atoms with Crippen LogP contribution in [0.3, 0.4) is 0 Å². The van der Waals surface area contributed by atoms with Crippen molar-refractivity contribution in [2.75, 3.05) is 13.2 Å². The van der Waals surface area contributed by atoms with Gasteiger partial charge in [0.2, 0.25) is 5.91 Å². The highest BCUT2D eigenvalue weighted by Crippen LogP contribution is 2.30. The van der Waals surface area contributed by atoms with Crippen LogP contribution in [0, 0.1) is 11.3 Å². The maximum atomic E-state index is 12.1. The van der Waals surface area contributed by atoms with Crippen molar-refractivity contribution in [2.24, 2.45) is 11.3 Å². The van der Waals surface area contributed by atoms with E-state index in [0.29, 0.717) is 6.61 Å². The lowest BCUT2D eigenvalue weighted by Gasteiger charge is -2.40. The van der Waals surface area contributed by atoms with Crippen molar-refractivity contribution in [3.05, 3.63) is 0 Å². The highest BCUT2D eigenvalue weighted by Gasteiger charge is 2.36. The standard InChI is InChI=1S/C13H25NO2/c1-12(2,3)13(4,5)14-11(15)10-7-6-8-16-9-10/h10H,6-9H2,1-5H3,(H,14,15). The first-order valence-electron chi connectivity index (χ1n) is 6.14. The SMILES string of the molecule is CC(C)(C)C(C)(C)NC(=O)C1CCCOC1. The monoisotopic (exact) mass is 227 g/mol. The Bertz CT molecular complexity index is 247. The second-order valence-corrected chi connectivity index (χ2v) is 6.28. The molecular weight excluding hydrogens is 202 g/mol. The fourth-order valence-electron chi connectivity index (χ4n) is 1.55. The molecule has 1 aliphatic heterocycles. The molecule has 1 amide bonds. The summed E-state index contributed by atoms with van der Waals surface area (Å²) >= 11 is 0. The Kier molecular flexibility index (Phi) is 4.00. The highest BCUT2D eigenvalue weighted by atomic mass is 16.5. The van der Waals surface area contributed by atoms with Gasteiger partial charge >= 0.3 is 0 Å². The molecule has 1 saturated heterocycles. The maximum Gasteiger partial charge on any atom is 0.225 e. The fourth-order valence-corrected chi connectivity index (χ4v) is 1.55. The quantitative estimate of drug-likeness (QED) is 0.786. The van der Waals surface area contributed by atoms with Crippen LogP contribution in [0.4, 0.5) is 0 Å². The minimum atomic E-state index is -0.193. The Morgan fingerprint density at radius 1 is 1.25 bits per heavy atom. The summed E-state index contributed by atoms with van der Waals surface area (Å²) in [5.74, 6) is 0.176. The fraction of sp³-hybridized carbons (Fsp3) is 0.923. The van der Waals surface area contributed by atoms with Gasteiger partial charge in [-0.05, 0) is 32.1 Å². The molecule has 94 valence electrons. The van der Waals surface area contributed by atoms with Gasteiger partial charge in [-0.15, -0.1) is 0 Å². The van der Waals surface area contributed by atoms with Crippen LogP contribution in [0.25, 0.3) is 0 Å². The summed E-state index contributed by atoms with van der Waals surface area (Å²) in [5, 5.41) is 3.15. The van der Waals surface area contributed by atoms with Gasteiger partial charge in [0.05, 0.1) is 12.5 Å². The number of amides is 1. The molecule has 0 aromatic heterocycles. The first-order chi connectivity index (χ1) is 7.24. The zero-order valence-corrected chi connectivity index (χ0v) is 11.2. The van der Waals surface area contributed by atoms with Crippen LogP contribution in [0.1, 0.15) is 47.5 Å². The highest BCUT2D eigenvalue weighted by molar-refractivity contribution is 5.79. The largest absolute Gasteiger partial charge is 0.381 e. The Morgan fingerprint density at radius 3 is 2.31 bits per heavy atom. The van der Waals surface area contributed by atoms with Crippen molar-refractivity contribution in [1.82, 2.24) is 5.32 Å². The van der Waals surface area contributed by atoms with Crippen LogP contribution in [0.15, 0.2) is 0 Å². The van der Waals surface area contributed by atoms with E-state index in [2.05, 4.69) is 39.9 Å². The van der Waals surface area contributed by atoms with Crippen molar-refractivity contribution in [3.63, 3.8) is 0 Å². The predicted molar refractivity (Wildman–Crippen MR) is 65.2 cm³/mol. The molecule has 0 spiro atoms. The molecule has 0 radical (unpaired) electrons. The Balaban J connectivity index is 2.56. The smallest absolute Gasteiger partial charge is 0.225 e. The van der Waals surface area contributed by atoms with E-state index in [0.717, 1.165) is 19.4 Å². The normalized spacial score (nSPS) is 22.9. The zero-order chi connectivity index (χ0) is 12.4. The van der Waals surface area contributed by atoms with Crippen molar-refractivity contribution < 1.29 is 9.53 Å². The number of hydrogen-bond donors (Lipinski definition) is 1. The average molecular weight is 227 g/mol. The van der Waals surface area contributed by atoms with Gasteiger partial charge in [0.1, 0.15) is 0 Å². The summed E-state index contributed by atoms with van der Waals surface area (Å²) in [7, 11) is 0. The molecule has 1 aliphatic rings. The molecule has 16 heavy (non-hydrogen) atoms. The van der Waals surface area contributed by atoms with E-state index in [-0.39, 0.29) is 22.8 Å². The molecule has 1 N–H and O–H groups in total. The van der Waals surface area contributed by atoms with E-state index < -0.39 is 0 Å². The lowest BCUT2D eigenvalue weighted by Crippen LogP contribution is -2.54. The molecule has 1 rings (SSSR count). The van der Waals surface area contributed by atoms with E-state index in [1.54, 1.807) is 0 Å². The van der Waals surface area contributed by atoms with Crippen LogP contribution in [0.2, 0.25) is 0 Å². The number of nitrogens with one attached hydrogen (secondary N) is 1. The molecule has 1 unspecified atom stereocenters. The second-order valence-electron chi connectivity index (χ2n) is 6.28. The summed E-state index contributed by atoms with van der Waals surface area (Å²) in [6.45, 7) is 12.0. The van der Waals surface area contributed by atoms with Gasteiger partial charge in [-0.1, -0.05) is 20.8 Å². The lowest BCUT2D eigenvalue weighted by atomic mass is 9.76. The number of carbonyl (C=O) groups excluding carboxylic acids is 1. The third kappa shape index (κ3) is 3.21. The Labute approximate surface area is 98.9 Å². The first kappa shape index (κ1) is 13.5. The van der Waals surface area contributed by atoms with Crippen molar-refractivity contribution >= 4 is 5.91 Å². The molecule has 0 saturated carbocycles. The van der Waals surface area contributed by atoms with Gasteiger partial charge < -0.3 is 10.1 Å². The molecule has 0 aromatic rings. The van der Waals surface area contributed by atoms with Gasteiger partial charge in [-0.2, -0.15) is 0 Å². The van der Waals surface area contributed by atoms with E-state index >= 15 is 0 Å². The van der Waals surface area contributed by atoms with E-state index in [4.69, 9.17) is 4.74 Å². The number of carbonyl (C=O) groups is 1. The lowest BCUT2D eigenvalue weighted by molar-refractivity contribution is -0.131. The van der Waals surface area contributed by atoms with Crippen LogP contribution < -0.4 is 5.32 Å². The van der Waals surface area contributed by atoms with Gasteiger partial charge in [0, 0.05) is 12.1 Å². The molecule has 1 heterocycles. The second kappa shape index (κ2) is 4.74. The molecule has 0 aromatic carbocycles. The average Bonchev–Trinajstić information content (AvgIpc) is 2.16. The number of hydrogen-bond acceptors (Lipinski definition) is 2. The minimum Gasteiger partial charge on any atom is -0.381 e. The molecular formula is C13H25NO2. The summed E-state index contributed by atoms with van der Waals surface area (Å²) in [6, 6.07) is 0. The summed E-state index contributed by atoms with van der Waals surface area (Å²) in [6.07, 6.45) is 1.94.